The zero-order valence-electron chi connectivity index (χ0n) is 15.7. The molecule has 1 aliphatic rings. The molecule has 9 heteroatoms. The van der Waals surface area contributed by atoms with Crippen molar-refractivity contribution in [3.8, 4) is 0 Å². The minimum atomic E-state index is -3.87. The Morgan fingerprint density at radius 1 is 0.862 bits per heavy atom. The van der Waals surface area contributed by atoms with Gasteiger partial charge in [0, 0.05) is 17.2 Å². The summed E-state index contributed by atoms with van der Waals surface area (Å²) >= 11 is 0. The van der Waals surface area contributed by atoms with Gasteiger partial charge in [-0.05, 0) is 61.4 Å². The lowest BCUT2D eigenvalue weighted by Crippen LogP contribution is -2.44. The Hall–Kier alpha value is -2.94. The van der Waals surface area contributed by atoms with Crippen LogP contribution >= 0.6 is 0 Å². The number of carbonyl (C=O) groups excluding carboxylic acids is 2. The molecular formula is C20H22FN3O4S. The number of carbonyl (C=O) groups is 2. The van der Waals surface area contributed by atoms with Crippen LogP contribution in [-0.4, -0.2) is 20.2 Å². The van der Waals surface area contributed by atoms with Gasteiger partial charge in [0.15, 0.2) is 0 Å². The zero-order chi connectivity index (χ0) is 20.9. The Morgan fingerprint density at radius 3 is 2.10 bits per heavy atom. The van der Waals surface area contributed by atoms with Crippen LogP contribution in [0.2, 0.25) is 0 Å². The van der Waals surface area contributed by atoms with Gasteiger partial charge in [0.2, 0.25) is 5.91 Å². The molecule has 1 fully saturated rings. The second-order valence-corrected chi connectivity index (χ2v) is 8.60. The Balaban J connectivity index is 1.57. The molecular weight excluding hydrogens is 397 g/mol. The lowest BCUT2D eigenvalue weighted by molar-refractivity contribution is -0.126. The maximum absolute atomic E-state index is 13.0. The van der Waals surface area contributed by atoms with E-state index >= 15 is 0 Å². The predicted molar refractivity (Wildman–Crippen MR) is 106 cm³/mol. The summed E-state index contributed by atoms with van der Waals surface area (Å²) in [7, 11) is -3.87. The van der Waals surface area contributed by atoms with Crippen molar-refractivity contribution in [2.45, 2.75) is 37.0 Å². The Labute approximate surface area is 168 Å². The summed E-state index contributed by atoms with van der Waals surface area (Å²) in [6, 6.07) is 10.2. The second kappa shape index (κ2) is 9.04. The summed E-state index contributed by atoms with van der Waals surface area (Å²) in [6.07, 6.45) is 4.81. The number of hydrazine groups is 1. The molecule has 0 heterocycles. The second-order valence-electron chi connectivity index (χ2n) is 6.92. The van der Waals surface area contributed by atoms with Crippen LogP contribution in [0.4, 0.5) is 10.1 Å². The summed E-state index contributed by atoms with van der Waals surface area (Å²) in [5.41, 5.74) is 5.34. The van der Waals surface area contributed by atoms with Gasteiger partial charge in [-0.3, -0.25) is 25.2 Å². The highest BCUT2D eigenvalue weighted by atomic mass is 32.2. The number of nitrogens with one attached hydrogen (secondary N) is 3. The Bertz CT molecular complexity index is 970. The van der Waals surface area contributed by atoms with Gasteiger partial charge in [-0.2, -0.15) is 0 Å². The number of sulfonamides is 1. The molecule has 3 rings (SSSR count). The fourth-order valence-electron chi connectivity index (χ4n) is 3.17. The summed E-state index contributed by atoms with van der Waals surface area (Å²) in [4.78, 5) is 24.2. The van der Waals surface area contributed by atoms with Crippen molar-refractivity contribution in [3.63, 3.8) is 0 Å². The van der Waals surface area contributed by atoms with Crippen LogP contribution in [0.5, 0.6) is 0 Å². The monoisotopic (exact) mass is 419 g/mol. The molecule has 2 amide bonds. The fraction of sp³-hybridized carbons (Fsp3) is 0.300. The van der Waals surface area contributed by atoms with E-state index in [1.165, 1.54) is 24.3 Å². The molecule has 0 spiro atoms. The third-order valence-corrected chi connectivity index (χ3v) is 6.20. The minimum Gasteiger partial charge on any atom is -0.280 e. The third kappa shape index (κ3) is 5.54. The number of hydrogen-bond acceptors (Lipinski definition) is 4. The summed E-state index contributed by atoms with van der Waals surface area (Å²) in [5.74, 6) is -1.30. The van der Waals surface area contributed by atoms with E-state index < -0.39 is 21.7 Å². The van der Waals surface area contributed by atoms with Gasteiger partial charge >= 0.3 is 0 Å². The van der Waals surface area contributed by atoms with Crippen LogP contribution in [0, 0.1) is 11.7 Å². The molecule has 0 atom stereocenters. The van der Waals surface area contributed by atoms with Gasteiger partial charge < -0.3 is 0 Å². The SMILES string of the molecule is O=C(NNC(=O)C1CCCCC1)c1ccc(NS(=O)(=O)c2ccc(F)cc2)cc1. The highest BCUT2D eigenvalue weighted by Crippen LogP contribution is 2.23. The summed E-state index contributed by atoms with van der Waals surface area (Å²) in [5, 5.41) is 0. The molecule has 0 radical (unpaired) electrons. The molecule has 0 bridgehead atoms. The average Bonchev–Trinajstić information content (AvgIpc) is 2.73. The van der Waals surface area contributed by atoms with Crippen LogP contribution in [0.3, 0.4) is 0 Å². The summed E-state index contributed by atoms with van der Waals surface area (Å²) in [6.45, 7) is 0. The van der Waals surface area contributed by atoms with Crippen LogP contribution < -0.4 is 15.6 Å². The largest absolute Gasteiger partial charge is 0.280 e. The number of anilines is 1. The molecule has 1 aliphatic carbocycles. The maximum Gasteiger partial charge on any atom is 0.269 e. The molecule has 154 valence electrons. The van der Waals surface area contributed by atoms with Gasteiger partial charge in [0.1, 0.15) is 5.82 Å². The molecule has 1 saturated carbocycles. The highest BCUT2D eigenvalue weighted by Gasteiger charge is 2.21. The quantitative estimate of drug-likeness (QED) is 0.648. The third-order valence-electron chi connectivity index (χ3n) is 4.80. The van der Waals surface area contributed by atoms with Gasteiger partial charge in [-0.1, -0.05) is 19.3 Å². The molecule has 0 aliphatic heterocycles. The van der Waals surface area contributed by atoms with Gasteiger partial charge in [0.05, 0.1) is 4.90 Å². The van der Waals surface area contributed by atoms with Gasteiger partial charge in [-0.25, -0.2) is 12.8 Å². The Kier molecular flexibility index (Phi) is 6.48. The van der Waals surface area contributed by atoms with E-state index in [1.807, 2.05) is 0 Å². The highest BCUT2D eigenvalue weighted by molar-refractivity contribution is 7.92. The molecule has 0 saturated heterocycles. The van der Waals surface area contributed by atoms with E-state index in [9.17, 15) is 22.4 Å². The number of halogens is 1. The van der Waals surface area contributed by atoms with Crippen molar-refractivity contribution in [2.75, 3.05) is 4.72 Å². The molecule has 29 heavy (non-hydrogen) atoms. The minimum absolute atomic E-state index is 0.0766. The molecule has 7 nitrogen and oxygen atoms in total. The van der Waals surface area contributed by atoms with Crippen LogP contribution in [-0.2, 0) is 14.8 Å². The zero-order valence-corrected chi connectivity index (χ0v) is 16.5. The van der Waals surface area contributed by atoms with Crippen molar-refractivity contribution in [2.24, 2.45) is 5.92 Å². The first-order valence-electron chi connectivity index (χ1n) is 9.34. The van der Waals surface area contributed by atoms with Crippen molar-refractivity contribution in [3.05, 3.63) is 59.9 Å². The normalized spacial score (nSPS) is 14.8. The number of hydrogen-bond donors (Lipinski definition) is 3. The van der Waals surface area contributed by atoms with Crippen molar-refractivity contribution in [1.82, 2.24) is 10.9 Å². The van der Waals surface area contributed by atoms with E-state index in [-0.39, 0.29) is 28.0 Å². The lowest BCUT2D eigenvalue weighted by Gasteiger charge is -2.20. The van der Waals surface area contributed by atoms with Crippen LogP contribution in [0.25, 0.3) is 0 Å². The first-order valence-corrected chi connectivity index (χ1v) is 10.8. The molecule has 0 aromatic heterocycles. The molecule has 0 unspecified atom stereocenters. The van der Waals surface area contributed by atoms with Crippen molar-refractivity contribution < 1.29 is 22.4 Å². The smallest absolute Gasteiger partial charge is 0.269 e. The molecule has 3 N–H and O–H groups in total. The fourth-order valence-corrected chi connectivity index (χ4v) is 4.23. The van der Waals surface area contributed by atoms with Crippen molar-refractivity contribution >= 4 is 27.5 Å². The lowest BCUT2D eigenvalue weighted by atomic mass is 9.89. The first kappa shape index (κ1) is 20.8. The number of benzene rings is 2. The van der Waals surface area contributed by atoms with Gasteiger partial charge in [-0.15, -0.1) is 0 Å². The summed E-state index contributed by atoms with van der Waals surface area (Å²) < 4.78 is 39.9. The predicted octanol–water partition coefficient (Wildman–Crippen LogP) is 2.97. The van der Waals surface area contributed by atoms with E-state index in [4.69, 9.17) is 0 Å². The van der Waals surface area contributed by atoms with Crippen LogP contribution in [0.1, 0.15) is 42.5 Å². The molecule has 2 aromatic carbocycles. The maximum atomic E-state index is 13.0. The van der Waals surface area contributed by atoms with E-state index in [1.54, 1.807) is 0 Å². The van der Waals surface area contributed by atoms with E-state index in [0.29, 0.717) is 0 Å². The molecule has 2 aromatic rings. The number of amides is 2. The Morgan fingerprint density at radius 2 is 1.48 bits per heavy atom. The topological polar surface area (TPSA) is 104 Å². The van der Waals surface area contributed by atoms with Crippen LogP contribution in [0.15, 0.2) is 53.4 Å². The van der Waals surface area contributed by atoms with Gasteiger partial charge in [0.25, 0.3) is 15.9 Å². The number of rotatable bonds is 5. The first-order chi connectivity index (χ1) is 13.8. The van der Waals surface area contributed by atoms with E-state index in [0.717, 1.165) is 56.4 Å². The van der Waals surface area contributed by atoms with Crippen molar-refractivity contribution in [1.29, 1.82) is 0 Å². The standard InChI is InChI=1S/C20H22FN3O4S/c21-16-8-12-18(13-9-16)29(27,28)24-17-10-6-15(7-11-17)20(26)23-22-19(25)14-4-2-1-3-5-14/h6-14,24H,1-5H2,(H,22,25)(H,23,26). The van der Waals surface area contributed by atoms with E-state index in [2.05, 4.69) is 15.6 Å². The average molecular weight is 419 g/mol.